The van der Waals surface area contributed by atoms with E-state index in [1.807, 2.05) is 6.92 Å². The van der Waals surface area contributed by atoms with Gasteiger partial charge in [-0.2, -0.15) is 0 Å². The van der Waals surface area contributed by atoms with E-state index >= 15 is 0 Å². The van der Waals surface area contributed by atoms with Crippen molar-refractivity contribution in [3.8, 4) is 0 Å². The molecular weight excluding hydrogens is 296 g/mol. The Labute approximate surface area is 135 Å². The lowest BCUT2D eigenvalue weighted by Gasteiger charge is -2.21. The molecule has 2 aromatic carbocycles. The number of amides is 1. The highest BCUT2D eigenvalue weighted by atomic mass is 35.5. The summed E-state index contributed by atoms with van der Waals surface area (Å²) in [6, 6.07) is 13.3. The lowest BCUT2D eigenvalue weighted by molar-refractivity contribution is 0.0940. The summed E-state index contributed by atoms with van der Waals surface area (Å²) in [5, 5.41) is 7.07. The van der Waals surface area contributed by atoms with Crippen LogP contribution in [0.4, 0.5) is 5.69 Å². The largest absolute Gasteiger partial charge is 0.385 e. The van der Waals surface area contributed by atoms with Crippen molar-refractivity contribution in [3.05, 3.63) is 64.2 Å². The SMILES string of the molecule is CC(NC(=O)c1ccc(Cl)cc1)c1ccc2c(c1)CCCN2. The first-order chi connectivity index (χ1) is 10.6. The molecule has 1 heterocycles. The summed E-state index contributed by atoms with van der Waals surface area (Å²) < 4.78 is 0. The number of benzene rings is 2. The average Bonchev–Trinajstić information content (AvgIpc) is 2.55. The minimum absolute atomic E-state index is 0.0320. The zero-order valence-electron chi connectivity index (χ0n) is 12.5. The summed E-state index contributed by atoms with van der Waals surface area (Å²) in [5.74, 6) is -0.0833. The van der Waals surface area contributed by atoms with E-state index in [1.54, 1.807) is 24.3 Å². The summed E-state index contributed by atoms with van der Waals surface area (Å²) in [6.45, 7) is 3.04. The van der Waals surface area contributed by atoms with Crippen LogP contribution in [0.25, 0.3) is 0 Å². The lowest BCUT2D eigenvalue weighted by Crippen LogP contribution is -2.26. The standard InChI is InChI=1S/C18H19ClN2O/c1-12(21-18(22)13-4-7-16(19)8-5-13)14-6-9-17-15(11-14)3-2-10-20-17/h4-9,11-12,20H,2-3,10H2,1H3,(H,21,22). The van der Waals surface area contributed by atoms with Crippen molar-refractivity contribution in [2.24, 2.45) is 0 Å². The van der Waals surface area contributed by atoms with Gasteiger partial charge >= 0.3 is 0 Å². The quantitative estimate of drug-likeness (QED) is 0.892. The number of hydrogen-bond donors (Lipinski definition) is 2. The van der Waals surface area contributed by atoms with Crippen LogP contribution in [-0.2, 0) is 6.42 Å². The molecule has 0 aliphatic carbocycles. The molecule has 4 heteroatoms. The Balaban J connectivity index is 1.72. The summed E-state index contributed by atoms with van der Waals surface area (Å²) in [6.07, 6.45) is 2.25. The molecule has 114 valence electrons. The molecule has 2 aromatic rings. The fourth-order valence-corrected chi connectivity index (χ4v) is 2.85. The third-order valence-electron chi connectivity index (χ3n) is 4.02. The lowest BCUT2D eigenvalue weighted by atomic mass is 9.98. The van der Waals surface area contributed by atoms with E-state index < -0.39 is 0 Å². The van der Waals surface area contributed by atoms with Gasteiger partial charge in [-0.1, -0.05) is 23.7 Å². The Morgan fingerprint density at radius 3 is 2.77 bits per heavy atom. The number of nitrogens with one attached hydrogen (secondary N) is 2. The maximum Gasteiger partial charge on any atom is 0.251 e. The monoisotopic (exact) mass is 314 g/mol. The van der Waals surface area contributed by atoms with Gasteiger partial charge < -0.3 is 10.6 Å². The van der Waals surface area contributed by atoms with Gasteiger partial charge in [0.1, 0.15) is 0 Å². The highest BCUT2D eigenvalue weighted by Crippen LogP contribution is 2.25. The van der Waals surface area contributed by atoms with E-state index in [4.69, 9.17) is 11.6 Å². The molecular formula is C18H19ClN2O. The van der Waals surface area contributed by atoms with Crippen LogP contribution in [0.1, 0.15) is 40.9 Å². The highest BCUT2D eigenvalue weighted by molar-refractivity contribution is 6.30. The van der Waals surface area contributed by atoms with Crippen molar-refractivity contribution < 1.29 is 4.79 Å². The first-order valence-electron chi connectivity index (χ1n) is 7.56. The summed E-state index contributed by atoms with van der Waals surface area (Å²) in [7, 11) is 0. The third kappa shape index (κ3) is 3.25. The zero-order valence-corrected chi connectivity index (χ0v) is 13.3. The fraction of sp³-hybridized carbons (Fsp3) is 0.278. The van der Waals surface area contributed by atoms with Gasteiger partial charge in [0, 0.05) is 22.8 Å². The van der Waals surface area contributed by atoms with Gasteiger partial charge in [-0.05, 0) is 61.2 Å². The Kier molecular flexibility index (Phi) is 4.34. The fourth-order valence-electron chi connectivity index (χ4n) is 2.73. The number of rotatable bonds is 3. The van der Waals surface area contributed by atoms with Crippen molar-refractivity contribution in [2.75, 3.05) is 11.9 Å². The van der Waals surface area contributed by atoms with Crippen LogP contribution in [0, 0.1) is 0 Å². The molecule has 1 atom stereocenters. The van der Waals surface area contributed by atoms with Crippen molar-refractivity contribution in [2.45, 2.75) is 25.8 Å². The zero-order chi connectivity index (χ0) is 15.5. The molecule has 0 saturated heterocycles. The van der Waals surface area contributed by atoms with Gasteiger partial charge in [-0.3, -0.25) is 4.79 Å². The first-order valence-corrected chi connectivity index (χ1v) is 7.94. The molecule has 0 radical (unpaired) electrons. The second kappa shape index (κ2) is 6.41. The summed E-state index contributed by atoms with van der Waals surface area (Å²) >= 11 is 5.85. The van der Waals surface area contributed by atoms with Gasteiger partial charge in [0.15, 0.2) is 0 Å². The first kappa shape index (κ1) is 14.9. The van der Waals surface area contributed by atoms with E-state index in [-0.39, 0.29) is 11.9 Å². The molecule has 3 nitrogen and oxygen atoms in total. The smallest absolute Gasteiger partial charge is 0.251 e. The Morgan fingerprint density at radius 2 is 2.00 bits per heavy atom. The van der Waals surface area contributed by atoms with Crippen molar-refractivity contribution >= 4 is 23.2 Å². The van der Waals surface area contributed by atoms with E-state index in [0.717, 1.165) is 24.9 Å². The number of aryl methyl sites for hydroxylation is 1. The molecule has 1 amide bonds. The average molecular weight is 315 g/mol. The van der Waals surface area contributed by atoms with E-state index in [0.29, 0.717) is 10.6 Å². The topological polar surface area (TPSA) is 41.1 Å². The van der Waals surface area contributed by atoms with Crippen molar-refractivity contribution in [3.63, 3.8) is 0 Å². The number of carbonyl (C=O) groups is 1. The second-order valence-electron chi connectivity index (χ2n) is 5.65. The second-order valence-corrected chi connectivity index (χ2v) is 6.09. The molecule has 0 saturated carbocycles. The molecule has 2 N–H and O–H groups in total. The number of anilines is 1. The van der Waals surface area contributed by atoms with Gasteiger partial charge in [-0.15, -0.1) is 0 Å². The minimum Gasteiger partial charge on any atom is -0.385 e. The molecule has 1 aliphatic rings. The molecule has 1 unspecified atom stereocenters. The van der Waals surface area contributed by atoms with E-state index in [9.17, 15) is 4.79 Å². The maximum absolute atomic E-state index is 12.3. The van der Waals surface area contributed by atoms with Crippen LogP contribution in [0.3, 0.4) is 0 Å². The molecule has 0 aromatic heterocycles. The predicted octanol–water partition coefficient (Wildman–Crippen LogP) is 4.19. The molecule has 1 aliphatic heterocycles. The Bertz CT molecular complexity index is 682. The van der Waals surface area contributed by atoms with Crippen molar-refractivity contribution in [1.82, 2.24) is 5.32 Å². The molecule has 0 bridgehead atoms. The van der Waals surface area contributed by atoms with Gasteiger partial charge in [0.2, 0.25) is 0 Å². The van der Waals surface area contributed by atoms with Gasteiger partial charge in [0.05, 0.1) is 6.04 Å². The summed E-state index contributed by atoms with van der Waals surface area (Å²) in [4.78, 5) is 12.3. The normalized spacial score (nSPS) is 14.6. The highest BCUT2D eigenvalue weighted by Gasteiger charge is 2.14. The van der Waals surface area contributed by atoms with Gasteiger partial charge in [0.25, 0.3) is 5.91 Å². The maximum atomic E-state index is 12.3. The van der Waals surface area contributed by atoms with Gasteiger partial charge in [-0.25, -0.2) is 0 Å². The Hall–Kier alpha value is -2.00. The number of fused-ring (bicyclic) bond motifs is 1. The van der Waals surface area contributed by atoms with Crippen molar-refractivity contribution in [1.29, 1.82) is 0 Å². The summed E-state index contributed by atoms with van der Waals surface area (Å²) in [5.41, 5.74) is 4.29. The Morgan fingerprint density at radius 1 is 1.23 bits per heavy atom. The molecule has 0 spiro atoms. The van der Waals surface area contributed by atoms with E-state index in [1.165, 1.54) is 11.3 Å². The van der Waals surface area contributed by atoms with Crippen LogP contribution in [0.2, 0.25) is 5.02 Å². The third-order valence-corrected chi connectivity index (χ3v) is 4.27. The number of halogens is 1. The van der Waals surface area contributed by atoms with Crippen LogP contribution in [0.5, 0.6) is 0 Å². The van der Waals surface area contributed by atoms with Crippen LogP contribution >= 0.6 is 11.6 Å². The predicted molar refractivity (Wildman–Crippen MR) is 90.6 cm³/mol. The van der Waals surface area contributed by atoms with Crippen LogP contribution in [0.15, 0.2) is 42.5 Å². The van der Waals surface area contributed by atoms with E-state index in [2.05, 4.69) is 28.8 Å². The number of hydrogen-bond acceptors (Lipinski definition) is 2. The molecule has 22 heavy (non-hydrogen) atoms. The van der Waals surface area contributed by atoms with Crippen LogP contribution in [-0.4, -0.2) is 12.5 Å². The number of carbonyl (C=O) groups excluding carboxylic acids is 1. The van der Waals surface area contributed by atoms with Crippen LogP contribution < -0.4 is 10.6 Å². The molecule has 0 fully saturated rings. The minimum atomic E-state index is -0.0833. The molecule has 3 rings (SSSR count).